The molecule has 6 heteroatoms. The summed E-state index contributed by atoms with van der Waals surface area (Å²) in [4.78, 5) is 11.9. The molecule has 0 aliphatic rings. The highest BCUT2D eigenvalue weighted by atomic mass is 79.9. The lowest BCUT2D eigenvalue weighted by atomic mass is 10.2. The molecule has 0 amide bonds. The lowest BCUT2D eigenvalue weighted by Gasteiger charge is -2.13. The summed E-state index contributed by atoms with van der Waals surface area (Å²) in [6.07, 6.45) is 0. The molecule has 0 aliphatic heterocycles. The van der Waals surface area contributed by atoms with Gasteiger partial charge in [-0.2, -0.15) is 0 Å². The Hall–Kier alpha value is -2.86. The first-order valence-electron chi connectivity index (χ1n) is 8.09. The predicted molar refractivity (Wildman–Crippen MR) is 103 cm³/mol. The van der Waals surface area contributed by atoms with Crippen LogP contribution in [-0.2, 0) is 11.3 Å². The highest BCUT2D eigenvalue weighted by Crippen LogP contribution is 2.32. The third kappa shape index (κ3) is 4.86. The summed E-state index contributed by atoms with van der Waals surface area (Å²) in [6, 6.07) is 19.3. The summed E-state index contributed by atoms with van der Waals surface area (Å²) in [5.74, 6) is -0.502. The van der Waals surface area contributed by atoms with Gasteiger partial charge >= 0.3 is 5.97 Å². The van der Waals surface area contributed by atoms with Crippen molar-refractivity contribution in [2.45, 2.75) is 6.61 Å². The van der Waals surface area contributed by atoms with Crippen molar-refractivity contribution in [2.24, 2.45) is 0 Å². The van der Waals surface area contributed by atoms with Crippen molar-refractivity contribution in [3.05, 3.63) is 88.1 Å². The molecule has 0 saturated heterocycles. The molecule has 3 rings (SSSR count). The molecule has 0 aliphatic carbocycles. The number of benzene rings is 3. The number of methoxy groups -OCH3 is 1. The van der Waals surface area contributed by atoms with Gasteiger partial charge in [0.25, 0.3) is 0 Å². The summed E-state index contributed by atoms with van der Waals surface area (Å²) in [7, 11) is 1.19. The van der Waals surface area contributed by atoms with E-state index in [0.717, 1.165) is 5.56 Å². The third-order valence-corrected chi connectivity index (χ3v) is 4.15. The van der Waals surface area contributed by atoms with Crippen LogP contribution in [0.2, 0.25) is 0 Å². The van der Waals surface area contributed by atoms with Crippen LogP contribution in [0.15, 0.2) is 71.2 Å². The molecular formula is C21H16BrFO4. The predicted octanol–water partition coefficient (Wildman–Crippen LogP) is 5.75. The number of esters is 1. The zero-order valence-electron chi connectivity index (χ0n) is 14.4. The largest absolute Gasteiger partial charge is 0.489 e. The van der Waals surface area contributed by atoms with Crippen LogP contribution < -0.4 is 9.47 Å². The summed E-state index contributed by atoms with van der Waals surface area (Å²) in [5.41, 5.74) is 0.766. The minimum atomic E-state index is -0.813. The summed E-state index contributed by atoms with van der Waals surface area (Å²) < 4.78 is 30.8. The average molecular weight is 431 g/mol. The van der Waals surface area contributed by atoms with Crippen LogP contribution in [0.25, 0.3) is 0 Å². The molecule has 27 heavy (non-hydrogen) atoms. The first-order chi connectivity index (χ1) is 13.1. The van der Waals surface area contributed by atoms with Gasteiger partial charge in [0.05, 0.1) is 7.11 Å². The molecule has 3 aromatic carbocycles. The Bertz CT molecular complexity index is 944. The molecular weight excluding hydrogens is 415 g/mol. The number of ether oxygens (including phenoxy) is 3. The van der Waals surface area contributed by atoms with Gasteiger partial charge in [-0.05, 0) is 29.8 Å². The van der Waals surface area contributed by atoms with Crippen LogP contribution in [-0.4, -0.2) is 13.1 Å². The van der Waals surface area contributed by atoms with Gasteiger partial charge in [-0.25, -0.2) is 9.18 Å². The van der Waals surface area contributed by atoms with Crippen LogP contribution in [0.5, 0.6) is 17.2 Å². The number of halogens is 2. The van der Waals surface area contributed by atoms with E-state index in [1.54, 1.807) is 24.3 Å². The molecule has 0 fully saturated rings. The van der Waals surface area contributed by atoms with Gasteiger partial charge in [0, 0.05) is 10.5 Å². The Labute approximate surface area is 164 Å². The maximum Gasteiger partial charge on any atom is 0.344 e. The van der Waals surface area contributed by atoms with Gasteiger partial charge in [0.1, 0.15) is 35.2 Å². The molecule has 0 N–H and O–H groups in total. The lowest BCUT2D eigenvalue weighted by Crippen LogP contribution is -2.07. The molecule has 0 unspecified atom stereocenters. The topological polar surface area (TPSA) is 44.8 Å². The van der Waals surface area contributed by atoms with Gasteiger partial charge in [-0.3, -0.25) is 0 Å². The lowest BCUT2D eigenvalue weighted by molar-refractivity contribution is 0.0592. The Morgan fingerprint density at radius 3 is 2.48 bits per heavy atom. The van der Waals surface area contributed by atoms with Gasteiger partial charge in [-0.1, -0.05) is 52.3 Å². The normalized spacial score (nSPS) is 10.3. The molecule has 0 heterocycles. The average Bonchev–Trinajstić information content (AvgIpc) is 2.66. The highest BCUT2D eigenvalue weighted by Gasteiger charge is 2.20. The van der Waals surface area contributed by atoms with Crippen molar-refractivity contribution in [1.29, 1.82) is 0 Å². The second-order valence-electron chi connectivity index (χ2n) is 5.60. The van der Waals surface area contributed by atoms with Crippen molar-refractivity contribution in [3.63, 3.8) is 0 Å². The maximum atomic E-state index is 14.2. The summed E-state index contributed by atoms with van der Waals surface area (Å²) in [5, 5.41) is 0. The maximum absolute atomic E-state index is 14.2. The summed E-state index contributed by atoms with van der Waals surface area (Å²) in [6.45, 7) is 0.406. The van der Waals surface area contributed by atoms with E-state index in [2.05, 4.69) is 20.7 Å². The zero-order chi connectivity index (χ0) is 19.2. The number of rotatable bonds is 6. The van der Waals surface area contributed by atoms with E-state index < -0.39 is 11.8 Å². The Morgan fingerprint density at radius 2 is 1.74 bits per heavy atom. The molecule has 3 aromatic rings. The monoisotopic (exact) mass is 430 g/mol. The zero-order valence-corrected chi connectivity index (χ0v) is 16.0. The van der Waals surface area contributed by atoms with E-state index in [1.165, 1.54) is 19.2 Å². The van der Waals surface area contributed by atoms with E-state index >= 15 is 0 Å². The number of carbonyl (C=O) groups excluding carboxylic acids is 1. The van der Waals surface area contributed by atoms with Gasteiger partial charge in [0.2, 0.25) is 0 Å². The van der Waals surface area contributed by atoms with Crippen LogP contribution in [0.4, 0.5) is 4.39 Å². The standard InChI is InChI=1S/C21H16BrFO4/c1-25-21(24)20-18(23)10-15(22)11-19(20)27-17-9-5-8-16(12-17)26-13-14-6-3-2-4-7-14/h2-12H,13H2,1H3. The quantitative estimate of drug-likeness (QED) is 0.467. The van der Waals surface area contributed by atoms with E-state index in [9.17, 15) is 9.18 Å². The van der Waals surface area contributed by atoms with Crippen molar-refractivity contribution in [3.8, 4) is 17.2 Å². The molecule has 0 spiro atoms. The SMILES string of the molecule is COC(=O)c1c(F)cc(Br)cc1Oc1cccc(OCc2ccccc2)c1. The molecule has 0 radical (unpaired) electrons. The van der Waals surface area contributed by atoms with Crippen LogP contribution in [0.1, 0.15) is 15.9 Å². The number of carbonyl (C=O) groups is 1. The van der Waals surface area contributed by atoms with Gasteiger partial charge < -0.3 is 14.2 Å². The van der Waals surface area contributed by atoms with Crippen molar-refractivity contribution >= 4 is 21.9 Å². The fourth-order valence-electron chi connectivity index (χ4n) is 2.43. The number of hydrogen-bond acceptors (Lipinski definition) is 4. The Morgan fingerprint density at radius 1 is 1.00 bits per heavy atom. The molecule has 0 aromatic heterocycles. The molecule has 0 saturated carbocycles. The second kappa shape index (κ2) is 8.68. The fourth-order valence-corrected chi connectivity index (χ4v) is 2.83. The van der Waals surface area contributed by atoms with Crippen LogP contribution >= 0.6 is 15.9 Å². The minimum Gasteiger partial charge on any atom is -0.489 e. The highest BCUT2D eigenvalue weighted by molar-refractivity contribution is 9.10. The van der Waals surface area contributed by atoms with Crippen molar-refractivity contribution in [2.75, 3.05) is 7.11 Å². The molecule has 0 bridgehead atoms. The first kappa shape index (κ1) is 18.9. The third-order valence-electron chi connectivity index (χ3n) is 3.69. The first-order valence-corrected chi connectivity index (χ1v) is 8.88. The van der Waals surface area contributed by atoms with E-state index in [4.69, 9.17) is 9.47 Å². The van der Waals surface area contributed by atoms with Gasteiger partial charge in [0.15, 0.2) is 0 Å². The van der Waals surface area contributed by atoms with E-state index in [1.807, 2.05) is 30.3 Å². The molecule has 4 nitrogen and oxygen atoms in total. The van der Waals surface area contributed by atoms with Crippen LogP contribution in [0.3, 0.4) is 0 Å². The summed E-state index contributed by atoms with van der Waals surface area (Å²) >= 11 is 3.20. The van der Waals surface area contributed by atoms with E-state index in [-0.39, 0.29) is 11.3 Å². The molecule has 0 atom stereocenters. The second-order valence-corrected chi connectivity index (χ2v) is 6.52. The number of hydrogen-bond donors (Lipinski definition) is 0. The van der Waals surface area contributed by atoms with Crippen molar-refractivity contribution < 1.29 is 23.4 Å². The van der Waals surface area contributed by atoms with E-state index in [0.29, 0.717) is 22.6 Å². The van der Waals surface area contributed by atoms with Gasteiger partial charge in [-0.15, -0.1) is 0 Å². The fraction of sp³-hybridized carbons (Fsp3) is 0.0952. The smallest absolute Gasteiger partial charge is 0.344 e. The van der Waals surface area contributed by atoms with Crippen LogP contribution in [0, 0.1) is 5.82 Å². The Balaban J connectivity index is 1.81. The van der Waals surface area contributed by atoms with Crippen molar-refractivity contribution in [1.82, 2.24) is 0 Å². The minimum absolute atomic E-state index is 0.0499. The molecule has 138 valence electrons. The Kier molecular flexibility index (Phi) is 6.08.